The fourth-order valence-corrected chi connectivity index (χ4v) is 4.86. The van der Waals surface area contributed by atoms with E-state index in [-0.39, 0.29) is 11.3 Å². The molecule has 3 aromatic heterocycles. The molecule has 0 unspecified atom stereocenters. The molecule has 2 aromatic carbocycles. The Morgan fingerprint density at radius 1 is 0.925 bits per heavy atom. The Labute approximate surface area is 226 Å². The molecule has 9 nitrogen and oxygen atoms in total. The van der Waals surface area contributed by atoms with E-state index in [0.29, 0.717) is 28.5 Å². The van der Waals surface area contributed by atoms with Gasteiger partial charge in [-0.3, -0.25) is 19.5 Å². The molecule has 10 heteroatoms. The van der Waals surface area contributed by atoms with E-state index in [2.05, 4.69) is 15.3 Å². The predicted octanol–water partition coefficient (Wildman–Crippen LogP) is 5.50. The van der Waals surface area contributed by atoms with E-state index in [1.54, 1.807) is 42.6 Å². The molecule has 0 saturated heterocycles. The summed E-state index contributed by atoms with van der Waals surface area (Å²) >= 11 is 0. The summed E-state index contributed by atoms with van der Waals surface area (Å²) in [6.45, 7) is 0. The predicted molar refractivity (Wildman–Crippen MR) is 147 cm³/mol. The number of aryl methyl sites for hydroxylation is 1. The maximum absolute atomic E-state index is 13.2. The van der Waals surface area contributed by atoms with Crippen molar-refractivity contribution < 1.29 is 18.7 Å². The highest BCUT2D eigenvalue weighted by Gasteiger charge is 2.20. The lowest BCUT2D eigenvalue weighted by Gasteiger charge is -2.18. The van der Waals surface area contributed by atoms with Crippen molar-refractivity contribution in [3.63, 3.8) is 0 Å². The van der Waals surface area contributed by atoms with Gasteiger partial charge in [-0.25, -0.2) is 14.2 Å². The molecule has 0 radical (unpaired) electrons. The molecule has 0 saturated carbocycles. The van der Waals surface area contributed by atoms with Crippen molar-refractivity contribution in [3.8, 4) is 22.9 Å². The summed E-state index contributed by atoms with van der Waals surface area (Å²) in [6, 6.07) is 16.7. The van der Waals surface area contributed by atoms with Crippen LogP contribution in [0.3, 0.4) is 0 Å². The third-order valence-electron chi connectivity index (χ3n) is 6.74. The number of fused-ring (bicyclic) bond motifs is 3. The number of carbonyl (C=O) groups is 1. The molecule has 1 aliphatic rings. The lowest BCUT2D eigenvalue weighted by atomic mass is 9.90. The standard InChI is InChI=1S/C30H23FN4O5/c31-18-7-11-20(12-8-18)35-17-3-6-25(29(35)37)40-30(38)33-19-9-13-21(14-10-19)39-24-15-16-32-27-26(24)22-4-1-2-5-23(22)28(36)34-27/h3,6-17H,1-2,4-5H2,(H,33,38)(H,32,34,36). The lowest BCUT2D eigenvalue weighted by Crippen LogP contribution is -2.24. The van der Waals surface area contributed by atoms with E-state index in [0.717, 1.165) is 42.2 Å². The second-order valence-electron chi connectivity index (χ2n) is 9.32. The minimum atomic E-state index is -0.849. The van der Waals surface area contributed by atoms with Gasteiger partial charge in [0.15, 0.2) is 5.75 Å². The number of aromatic amines is 1. The molecular weight excluding hydrogens is 515 g/mol. The van der Waals surface area contributed by atoms with Crippen LogP contribution in [0.1, 0.15) is 24.0 Å². The number of benzene rings is 2. The van der Waals surface area contributed by atoms with Crippen LogP contribution in [-0.4, -0.2) is 20.6 Å². The molecule has 200 valence electrons. The zero-order chi connectivity index (χ0) is 27.6. The third-order valence-corrected chi connectivity index (χ3v) is 6.74. The van der Waals surface area contributed by atoms with E-state index < -0.39 is 17.5 Å². The van der Waals surface area contributed by atoms with Gasteiger partial charge >= 0.3 is 6.09 Å². The second-order valence-corrected chi connectivity index (χ2v) is 9.32. The van der Waals surface area contributed by atoms with Crippen LogP contribution in [0.15, 0.2) is 88.7 Å². The number of aromatic nitrogens is 3. The molecule has 0 bridgehead atoms. The highest BCUT2D eigenvalue weighted by molar-refractivity contribution is 5.87. The number of amides is 1. The number of hydrogen-bond donors (Lipinski definition) is 2. The molecule has 40 heavy (non-hydrogen) atoms. The Kier molecular flexibility index (Phi) is 6.57. The number of halogens is 1. The molecule has 5 aromatic rings. The Bertz CT molecular complexity index is 1850. The maximum atomic E-state index is 13.2. The van der Waals surface area contributed by atoms with Crippen LogP contribution in [-0.2, 0) is 12.8 Å². The van der Waals surface area contributed by atoms with Crippen LogP contribution in [0.2, 0.25) is 0 Å². The van der Waals surface area contributed by atoms with Gasteiger partial charge in [0.25, 0.3) is 11.1 Å². The first kappa shape index (κ1) is 25.1. The van der Waals surface area contributed by atoms with Crippen molar-refractivity contribution in [2.24, 2.45) is 0 Å². The zero-order valence-electron chi connectivity index (χ0n) is 21.1. The van der Waals surface area contributed by atoms with Crippen LogP contribution in [0.4, 0.5) is 14.9 Å². The van der Waals surface area contributed by atoms with Crippen LogP contribution in [0, 0.1) is 5.82 Å². The Hall–Kier alpha value is -5.25. The first-order valence-electron chi connectivity index (χ1n) is 12.7. The molecule has 6 rings (SSSR count). The van der Waals surface area contributed by atoms with Gasteiger partial charge < -0.3 is 14.5 Å². The summed E-state index contributed by atoms with van der Waals surface area (Å²) in [5.74, 6) is 0.494. The van der Waals surface area contributed by atoms with Gasteiger partial charge in [-0.05, 0) is 98.0 Å². The van der Waals surface area contributed by atoms with E-state index in [1.807, 2.05) is 0 Å². The number of pyridine rings is 3. The van der Waals surface area contributed by atoms with Gasteiger partial charge in [0.05, 0.1) is 5.39 Å². The molecular formula is C30H23FN4O5. The van der Waals surface area contributed by atoms with Gasteiger partial charge in [0, 0.05) is 29.3 Å². The van der Waals surface area contributed by atoms with Gasteiger partial charge in [-0.1, -0.05) is 0 Å². The summed E-state index contributed by atoms with van der Waals surface area (Å²) < 4.78 is 25.9. The molecule has 0 spiro atoms. The number of anilines is 1. The maximum Gasteiger partial charge on any atom is 0.417 e. The Morgan fingerprint density at radius 3 is 2.45 bits per heavy atom. The monoisotopic (exact) mass is 538 g/mol. The lowest BCUT2D eigenvalue weighted by molar-refractivity contribution is 0.214. The van der Waals surface area contributed by atoms with Crippen molar-refractivity contribution in [2.45, 2.75) is 25.7 Å². The van der Waals surface area contributed by atoms with E-state index in [1.165, 1.54) is 41.1 Å². The van der Waals surface area contributed by atoms with Gasteiger partial charge in [-0.15, -0.1) is 0 Å². The zero-order valence-corrected chi connectivity index (χ0v) is 21.1. The van der Waals surface area contributed by atoms with Crippen molar-refractivity contribution >= 4 is 22.8 Å². The number of hydrogen-bond acceptors (Lipinski definition) is 6. The van der Waals surface area contributed by atoms with Crippen LogP contribution in [0.25, 0.3) is 16.7 Å². The van der Waals surface area contributed by atoms with E-state index >= 15 is 0 Å². The van der Waals surface area contributed by atoms with Crippen molar-refractivity contribution in [2.75, 3.05) is 5.32 Å². The number of nitrogens with one attached hydrogen (secondary N) is 2. The fraction of sp³-hybridized carbons (Fsp3) is 0.133. The number of ether oxygens (including phenoxy) is 2. The summed E-state index contributed by atoms with van der Waals surface area (Å²) in [5, 5.41) is 3.39. The van der Waals surface area contributed by atoms with Crippen LogP contribution in [0.5, 0.6) is 17.2 Å². The van der Waals surface area contributed by atoms with Crippen molar-refractivity contribution in [3.05, 3.63) is 117 Å². The average Bonchev–Trinajstić information content (AvgIpc) is 2.96. The summed E-state index contributed by atoms with van der Waals surface area (Å²) in [7, 11) is 0. The first-order chi connectivity index (χ1) is 19.5. The molecule has 3 heterocycles. The molecule has 0 aliphatic heterocycles. The SMILES string of the molecule is O=C(Nc1ccc(Oc2ccnc3[nH]c(=O)c4c(c23)CCCC4)cc1)Oc1cccn(-c2ccc(F)cc2)c1=O. The number of H-pyrrole nitrogens is 1. The highest BCUT2D eigenvalue weighted by atomic mass is 19.1. The average molecular weight is 539 g/mol. The Balaban J connectivity index is 1.17. The number of rotatable bonds is 5. The second kappa shape index (κ2) is 10.5. The molecule has 0 atom stereocenters. The quantitative estimate of drug-likeness (QED) is 0.306. The van der Waals surface area contributed by atoms with Crippen molar-refractivity contribution in [1.82, 2.24) is 14.5 Å². The van der Waals surface area contributed by atoms with E-state index in [9.17, 15) is 18.8 Å². The van der Waals surface area contributed by atoms with Crippen LogP contribution >= 0.6 is 0 Å². The summed E-state index contributed by atoms with van der Waals surface area (Å²) in [5.41, 5.74) is 2.45. The largest absolute Gasteiger partial charge is 0.457 e. The summed E-state index contributed by atoms with van der Waals surface area (Å²) in [6.07, 6.45) is 5.73. The number of carbonyl (C=O) groups excluding carboxylic acids is 1. The minimum absolute atomic E-state index is 0.0981. The Morgan fingerprint density at radius 2 is 1.68 bits per heavy atom. The minimum Gasteiger partial charge on any atom is -0.457 e. The topological polar surface area (TPSA) is 115 Å². The molecule has 1 aliphatic carbocycles. The van der Waals surface area contributed by atoms with Crippen molar-refractivity contribution in [1.29, 1.82) is 0 Å². The van der Waals surface area contributed by atoms with Gasteiger partial charge in [0.2, 0.25) is 0 Å². The first-order valence-corrected chi connectivity index (χ1v) is 12.7. The molecule has 2 N–H and O–H groups in total. The van der Waals surface area contributed by atoms with Gasteiger partial charge in [0.1, 0.15) is 23.0 Å². The highest BCUT2D eigenvalue weighted by Crippen LogP contribution is 2.34. The number of nitrogens with zero attached hydrogens (tertiary/aromatic N) is 2. The third kappa shape index (κ3) is 4.94. The van der Waals surface area contributed by atoms with Gasteiger partial charge in [-0.2, -0.15) is 0 Å². The fourth-order valence-electron chi connectivity index (χ4n) is 4.86. The molecule has 0 fully saturated rings. The normalized spacial score (nSPS) is 12.5. The van der Waals surface area contributed by atoms with Crippen LogP contribution < -0.4 is 25.9 Å². The smallest absolute Gasteiger partial charge is 0.417 e. The summed E-state index contributed by atoms with van der Waals surface area (Å²) in [4.78, 5) is 45.0. The molecule has 1 amide bonds. The van der Waals surface area contributed by atoms with E-state index in [4.69, 9.17) is 9.47 Å².